The summed E-state index contributed by atoms with van der Waals surface area (Å²) in [6.07, 6.45) is 5.30. The van der Waals surface area contributed by atoms with E-state index in [1.165, 1.54) is 5.57 Å². The second-order valence-electron chi connectivity index (χ2n) is 3.51. The van der Waals surface area contributed by atoms with E-state index < -0.39 is 0 Å². The lowest BCUT2D eigenvalue weighted by atomic mass is 10.1. The zero-order valence-corrected chi connectivity index (χ0v) is 8.48. The van der Waals surface area contributed by atoms with Crippen molar-refractivity contribution in [3.05, 3.63) is 23.3 Å². The van der Waals surface area contributed by atoms with E-state index in [0.717, 1.165) is 12.0 Å². The molecule has 12 heavy (non-hydrogen) atoms. The van der Waals surface area contributed by atoms with Gasteiger partial charge in [-0.2, -0.15) is 0 Å². The fraction of sp³-hybridized carbons (Fsp3) is 0.545. The van der Waals surface area contributed by atoms with E-state index >= 15 is 0 Å². The van der Waals surface area contributed by atoms with Crippen LogP contribution in [0.25, 0.3) is 0 Å². The van der Waals surface area contributed by atoms with Crippen molar-refractivity contribution >= 4 is 5.78 Å². The Morgan fingerprint density at radius 3 is 2.08 bits per heavy atom. The lowest BCUT2D eigenvalue weighted by molar-refractivity contribution is -0.114. The van der Waals surface area contributed by atoms with Gasteiger partial charge in [0.15, 0.2) is 5.78 Å². The smallest absolute Gasteiger partial charge is 0.155 e. The van der Waals surface area contributed by atoms with Crippen LogP contribution in [-0.4, -0.2) is 5.78 Å². The summed E-state index contributed by atoms with van der Waals surface area (Å²) in [7, 11) is 0. The number of allylic oxidation sites excluding steroid dienone is 4. The molecule has 0 aromatic carbocycles. The predicted octanol–water partition coefficient (Wildman–Crippen LogP) is 3.27. The Bertz CT molecular complexity index is 201. The lowest BCUT2D eigenvalue weighted by Crippen LogP contribution is -1.91. The Hall–Kier alpha value is -0.850. The fourth-order valence-corrected chi connectivity index (χ4v) is 0.897. The highest BCUT2D eigenvalue weighted by Crippen LogP contribution is 2.00. The highest BCUT2D eigenvalue weighted by atomic mass is 16.1. The highest BCUT2D eigenvalue weighted by molar-refractivity contribution is 5.90. The summed E-state index contributed by atoms with van der Waals surface area (Å²) in [6, 6.07) is 0. The van der Waals surface area contributed by atoms with Gasteiger partial charge in [-0.1, -0.05) is 17.2 Å². The number of carbonyl (C=O) groups excluding carboxylic acids is 1. The first-order valence-electron chi connectivity index (χ1n) is 4.33. The summed E-state index contributed by atoms with van der Waals surface area (Å²) < 4.78 is 0. The van der Waals surface area contributed by atoms with Gasteiger partial charge in [-0.25, -0.2) is 0 Å². The average Bonchev–Trinajstić information content (AvgIpc) is 1.84. The Morgan fingerprint density at radius 1 is 1.08 bits per heavy atom. The molecule has 0 saturated carbocycles. The molecule has 0 aliphatic carbocycles. The van der Waals surface area contributed by atoms with Crippen molar-refractivity contribution in [1.29, 1.82) is 0 Å². The monoisotopic (exact) mass is 166 g/mol. The molecule has 0 saturated heterocycles. The third-order valence-corrected chi connectivity index (χ3v) is 1.39. The number of carbonyl (C=O) groups is 1. The van der Waals surface area contributed by atoms with Gasteiger partial charge < -0.3 is 0 Å². The van der Waals surface area contributed by atoms with Crippen LogP contribution in [-0.2, 0) is 4.79 Å². The third-order valence-electron chi connectivity index (χ3n) is 1.39. The quantitative estimate of drug-likeness (QED) is 0.462. The van der Waals surface area contributed by atoms with E-state index in [2.05, 4.69) is 6.08 Å². The Balaban J connectivity index is 3.74. The molecule has 0 amide bonds. The molecule has 0 aromatic heterocycles. The minimum absolute atomic E-state index is 0.229. The van der Waals surface area contributed by atoms with Crippen molar-refractivity contribution in [3.8, 4) is 0 Å². The Kier molecular flexibility index (Phi) is 5.35. The molecule has 0 spiro atoms. The first kappa shape index (κ1) is 11.2. The van der Waals surface area contributed by atoms with Gasteiger partial charge in [-0.05, 0) is 40.2 Å². The van der Waals surface area contributed by atoms with Crippen LogP contribution in [0.2, 0.25) is 0 Å². The van der Waals surface area contributed by atoms with Crippen molar-refractivity contribution in [2.75, 3.05) is 0 Å². The number of rotatable bonds is 4. The van der Waals surface area contributed by atoms with Crippen LogP contribution in [0.1, 0.15) is 40.5 Å². The predicted molar refractivity (Wildman–Crippen MR) is 53.1 cm³/mol. The summed E-state index contributed by atoms with van der Waals surface area (Å²) in [5.41, 5.74) is 2.36. The van der Waals surface area contributed by atoms with Crippen LogP contribution in [0.3, 0.4) is 0 Å². The van der Waals surface area contributed by atoms with E-state index in [1.807, 2.05) is 27.7 Å². The normalized spacial score (nSPS) is 9.00. The molecule has 0 atom stereocenters. The van der Waals surface area contributed by atoms with Gasteiger partial charge >= 0.3 is 0 Å². The Morgan fingerprint density at radius 2 is 1.67 bits per heavy atom. The summed E-state index contributed by atoms with van der Waals surface area (Å²) in [5, 5.41) is 0. The molecular formula is C11H18O. The van der Waals surface area contributed by atoms with Gasteiger partial charge in [0, 0.05) is 6.42 Å². The molecule has 0 aromatic rings. The maximum atomic E-state index is 11.1. The van der Waals surface area contributed by atoms with E-state index in [4.69, 9.17) is 0 Å². The molecule has 0 aliphatic heterocycles. The average molecular weight is 166 g/mol. The standard InChI is InChI=1S/C11H18O/c1-9(2)6-5-7-11(12)8-10(3)4/h6,8H,5,7H2,1-4H3. The van der Waals surface area contributed by atoms with Gasteiger partial charge in [0.2, 0.25) is 0 Å². The number of ketones is 1. The van der Waals surface area contributed by atoms with Crippen molar-refractivity contribution in [3.63, 3.8) is 0 Å². The zero-order chi connectivity index (χ0) is 9.56. The van der Waals surface area contributed by atoms with Crippen LogP contribution in [0.5, 0.6) is 0 Å². The second-order valence-corrected chi connectivity index (χ2v) is 3.51. The zero-order valence-electron chi connectivity index (χ0n) is 8.48. The topological polar surface area (TPSA) is 17.1 Å². The van der Waals surface area contributed by atoms with E-state index in [1.54, 1.807) is 6.08 Å². The third kappa shape index (κ3) is 7.26. The van der Waals surface area contributed by atoms with Crippen molar-refractivity contribution < 1.29 is 4.79 Å². The molecule has 0 rings (SSSR count). The summed E-state index contributed by atoms with van der Waals surface area (Å²) in [6.45, 7) is 7.98. The van der Waals surface area contributed by atoms with Crippen molar-refractivity contribution in [1.82, 2.24) is 0 Å². The second kappa shape index (κ2) is 5.76. The van der Waals surface area contributed by atoms with Gasteiger partial charge in [0.05, 0.1) is 0 Å². The summed E-state index contributed by atoms with van der Waals surface area (Å²) in [5.74, 6) is 0.229. The fourth-order valence-electron chi connectivity index (χ4n) is 0.897. The molecule has 0 fully saturated rings. The molecule has 0 unspecified atom stereocenters. The maximum Gasteiger partial charge on any atom is 0.155 e. The van der Waals surface area contributed by atoms with Crippen molar-refractivity contribution in [2.45, 2.75) is 40.5 Å². The molecule has 0 radical (unpaired) electrons. The van der Waals surface area contributed by atoms with Gasteiger partial charge in [-0.3, -0.25) is 4.79 Å². The van der Waals surface area contributed by atoms with E-state index in [-0.39, 0.29) is 5.78 Å². The molecule has 0 heterocycles. The number of hydrogen-bond donors (Lipinski definition) is 0. The summed E-state index contributed by atoms with van der Waals surface area (Å²) >= 11 is 0. The molecule has 0 aliphatic rings. The largest absolute Gasteiger partial charge is 0.295 e. The van der Waals surface area contributed by atoms with Gasteiger partial charge in [-0.15, -0.1) is 0 Å². The molecule has 1 nitrogen and oxygen atoms in total. The van der Waals surface area contributed by atoms with Crippen LogP contribution in [0.15, 0.2) is 23.3 Å². The minimum Gasteiger partial charge on any atom is -0.295 e. The van der Waals surface area contributed by atoms with Crippen LogP contribution >= 0.6 is 0 Å². The van der Waals surface area contributed by atoms with E-state index in [9.17, 15) is 4.79 Å². The molecule has 1 heteroatoms. The van der Waals surface area contributed by atoms with Gasteiger partial charge in [0.1, 0.15) is 0 Å². The lowest BCUT2D eigenvalue weighted by Gasteiger charge is -1.93. The van der Waals surface area contributed by atoms with Crippen LogP contribution in [0, 0.1) is 0 Å². The molecule has 68 valence electrons. The molecule has 0 bridgehead atoms. The minimum atomic E-state index is 0.229. The van der Waals surface area contributed by atoms with Crippen molar-refractivity contribution in [2.24, 2.45) is 0 Å². The Labute approximate surface area is 75.2 Å². The summed E-state index contributed by atoms with van der Waals surface area (Å²) in [4.78, 5) is 11.1. The highest BCUT2D eigenvalue weighted by Gasteiger charge is 1.94. The SMILES string of the molecule is CC(C)=CCCC(=O)C=C(C)C. The number of hydrogen-bond acceptors (Lipinski definition) is 1. The first-order chi connectivity index (χ1) is 5.52. The maximum absolute atomic E-state index is 11.1. The van der Waals surface area contributed by atoms with Gasteiger partial charge in [0.25, 0.3) is 0 Å². The first-order valence-corrected chi connectivity index (χ1v) is 4.33. The molecular weight excluding hydrogens is 148 g/mol. The van der Waals surface area contributed by atoms with E-state index in [0.29, 0.717) is 6.42 Å². The van der Waals surface area contributed by atoms with Crippen LogP contribution in [0.4, 0.5) is 0 Å². The van der Waals surface area contributed by atoms with Crippen LogP contribution < -0.4 is 0 Å². The molecule has 0 N–H and O–H groups in total.